The summed E-state index contributed by atoms with van der Waals surface area (Å²) < 4.78 is 5.55. The molecule has 2 amide bonds. The number of hydrogen-bond donors (Lipinski definition) is 2. The summed E-state index contributed by atoms with van der Waals surface area (Å²) in [5, 5.41) is 2.89. The van der Waals surface area contributed by atoms with Gasteiger partial charge in [0.2, 0.25) is 0 Å². The number of hydrogen-bond acceptors (Lipinski definition) is 3. The van der Waals surface area contributed by atoms with E-state index < -0.39 is 0 Å². The number of benzene rings is 2. The molecule has 2 aromatic carbocycles. The molecule has 0 radical (unpaired) electrons. The van der Waals surface area contributed by atoms with Crippen LogP contribution in [0.4, 0.5) is 5.69 Å². The third-order valence-corrected chi connectivity index (χ3v) is 4.90. The first-order valence-corrected chi connectivity index (χ1v) is 9.82. The summed E-state index contributed by atoms with van der Waals surface area (Å²) in [6.07, 6.45) is 0.932. The van der Waals surface area contributed by atoms with Crippen LogP contribution in [0.15, 0.2) is 48.5 Å². The number of amides is 2. The molecule has 0 saturated carbocycles. The van der Waals surface area contributed by atoms with Gasteiger partial charge in [0.1, 0.15) is 5.75 Å². The van der Waals surface area contributed by atoms with Crippen molar-refractivity contribution >= 4 is 17.5 Å². The van der Waals surface area contributed by atoms with Crippen LogP contribution >= 0.6 is 0 Å². The lowest BCUT2D eigenvalue weighted by atomic mass is 10.1. The first kappa shape index (κ1) is 19.9. The second-order valence-corrected chi connectivity index (χ2v) is 7.12. The Labute approximate surface area is 166 Å². The molecule has 6 nitrogen and oxygen atoms in total. The molecule has 1 aliphatic rings. The number of carbonyl (C=O) groups excluding carboxylic acids is 2. The Morgan fingerprint density at radius 3 is 2.43 bits per heavy atom. The molecule has 0 atom stereocenters. The minimum absolute atomic E-state index is 0.0355. The third kappa shape index (κ3) is 4.89. The van der Waals surface area contributed by atoms with Crippen molar-refractivity contribution in [2.45, 2.75) is 13.3 Å². The van der Waals surface area contributed by atoms with Gasteiger partial charge in [-0.15, -0.1) is 0 Å². The Morgan fingerprint density at radius 2 is 1.75 bits per heavy atom. The maximum Gasteiger partial charge on any atom is 0.256 e. The van der Waals surface area contributed by atoms with Crippen LogP contribution in [0, 0.1) is 0 Å². The van der Waals surface area contributed by atoms with Crippen molar-refractivity contribution in [2.24, 2.45) is 0 Å². The number of ether oxygens (including phenoxy) is 1. The standard InChI is InChI=1S/C22H27N3O3/c1-3-16-28-18-10-8-17(9-11-18)21(26)23-20-7-5-4-6-19(20)22(27)25-14-12-24(2)13-15-25/h4-11H,3,12-16H2,1-2H3,(H,23,26)/p+1. The molecule has 1 fully saturated rings. The largest absolute Gasteiger partial charge is 0.494 e. The third-order valence-electron chi connectivity index (χ3n) is 4.90. The lowest BCUT2D eigenvalue weighted by Crippen LogP contribution is -3.12. The van der Waals surface area contributed by atoms with Crippen molar-refractivity contribution in [3.63, 3.8) is 0 Å². The quantitative estimate of drug-likeness (QED) is 0.799. The lowest BCUT2D eigenvalue weighted by Gasteiger charge is -2.30. The summed E-state index contributed by atoms with van der Waals surface area (Å²) in [6.45, 7) is 6.02. The van der Waals surface area contributed by atoms with Gasteiger partial charge in [0, 0.05) is 5.56 Å². The molecule has 148 valence electrons. The molecule has 1 saturated heterocycles. The predicted molar refractivity (Wildman–Crippen MR) is 109 cm³/mol. The number of para-hydroxylation sites is 1. The number of nitrogens with zero attached hydrogens (tertiary/aromatic N) is 1. The van der Waals surface area contributed by atoms with Crippen molar-refractivity contribution in [3.8, 4) is 5.75 Å². The smallest absolute Gasteiger partial charge is 0.256 e. The first-order valence-electron chi connectivity index (χ1n) is 9.82. The fraction of sp³-hybridized carbons (Fsp3) is 0.364. The molecule has 0 bridgehead atoms. The zero-order chi connectivity index (χ0) is 19.9. The van der Waals surface area contributed by atoms with Crippen molar-refractivity contribution in [1.82, 2.24) is 4.90 Å². The molecule has 0 aliphatic carbocycles. The summed E-state index contributed by atoms with van der Waals surface area (Å²) in [7, 11) is 2.13. The Bertz CT molecular complexity index is 812. The second kappa shape index (κ2) is 9.37. The molecule has 6 heteroatoms. The number of carbonyl (C=O) groups is 2. The van der Waals surface area contributed by atoms with Crippen LogP contribution in [0.3, 0.4) is 0 Å². The summed E-state index contributed by atoms with van der Waals surface area (Å²) in [5.41, 5.74) is 1.59. The molecular weight excluding hydrogens is 354 g/mol. The van der Waals surface area contributed by atoms with Gasteiger partial charge in [-0.05, 0) is 42.8 Å². The summed E-state index contributed by atoms with van der Waals surface area (Å²) in [5.74, 6) is 0.461. The van der Waals surface area contributed by atoms with Crippen molar-refractivity contribution < 1.29 is 19.2 Å². The number of quaternary nitrogens is 1. The van der Waals surface area contributed by atoms with E-state index in [0.29, 0.717) is 23.4 Å². The number of anilines is 1. The summed E-state index contributed by atoms with van der Waals surface area (Å²) >= 11 is 0. The highest BCUT2D eigenvalue weighted by Crippen LogP contribution is 2.19. The molecule has 1 heterocycles. The van der Waals surface area contributed by atoms with E-state index in [1.807, 2.05) is 24.0 Å². The molecule has 3 rings (SSSR count). The molecule has 0 spiro atoms. The molecule has 2 aromatic rings. The maximum atomic E-state index is 12.9. The Kier molecular flexibility index (Phi) is 6.66. The molecule has 0 unspecified atom stereocenters. The van der Waals surface area contributed by atoms with Crippen LogP contribution in [0.25, 0.3) is 0 Å². The highest BCUT2D eigenvalue weighted by atomic mass is 16.5. The van der Waals surface area contributed by atoms with E-state index >= 15 is 0 Å². The van der Waals surface area contributed by atoms with E-state index in [0.717, 1.165) is 38.3 Å². The topological polar surface area (TPSA) is 63.1 Å². The van der Waals surface area contributed by atoms with Gasteiger partial charge >= 0.3 is 0 Å². The monoisotopic (exact) mass is 382 g/mol. The van der Waals surface area contributed by atoms with Crippen LogP contribution in [0.5, 0.6) is 5.75 Å². The Hall–Kier alpha value is -2.86. The molecule has 1 aliphatic heterocycles. The Balaban J connectivity index is 1.70. The zero-order valence-electron chi connectivity index (χ0n) is 16.5. The summed E-state index contributed by atoms with van der Waals surface area (Å²) in [6, 6.07) is 14.2. The van der Waals surface area contributed by atoms with E-state index in [-0.39, 0.29) is 11.8 Å². The normalized spacial score (nSPS) is 14.6. The van der Waals surface area contributed by atoms with Crippen molar-refractivity contribution in [3.05, 3.63) is 59.7 Å². The first-order chi connectivity index (χ1) is 13.6. The van der Waals surface area contributed by atoms with Gasteiger partial charge in [0.25, 0.3) is 11.8 Å². The minimum atomic E-state index is -0.245. The highest BCUT2D eigenvalue weighted by molar-refractivity contribution is 6.09. The van der Waals surface area contributed by atoms with Crippen LogP contribution in [-0.2, 0) is 0 Å². The van der Waals surface area contributed by atoms with E-state index in [9.17, 15) is 9.59 Å². The van der Waals surface area contributed by atoms with E-state index in [2.05, 4.69) is 12.4 Å². The van der Waals surface area contributed by atoms with E-state index in [1.165, 1.54) is 4.90 Å². The maximum absolute atomic E-state index is 12.9. The molecule has 2 N–H and O–H groups in total. The van der Waals surface area contributed by atoms with Gasteiger partial charge in [-0.25, -0.2) is 0 Å². The molecular formula is C22H28N3O3+. The average molecular weight is 382 g/mol. The highest BCUT2D eigenvalue weighted by Gasteiger charge is 2.24. The fourth-order valence-corrected chi connectivity index (χ4v) is 3.16. The number of nitrogens with one attached hydrogen (secondary N) is 2. The van der Waals surface area contributed by atoms with Gasteiger partial charge < -0.3 is 19.9 Å². The summed E-state index contributed by atoms with van der Waals surface area (Å²) in [4.78, 5) is 28.9. The minimum Gasteiger partial charge on any atom is -0.494 e. The van der Waals surface area contributed by atoms with Crippen LogP contribution < -0.4 is 15.0 Å². The van der Waals surface area contributed by atoms with Crippen molar-refractivity contribution in [2.75, 3.05) is 45.2 Å². The average Bonchev–Trinajstić information content (AvgIpc) is 2.73. The van der Waals surface area contributed by atoms with Gasteiger partial charge in [0.15, 0.2) is 0 Å². The number of likely N-dealkylation sites (N-methyl/N-ethyl adjacent to an activating group) is 1. The van der Waals surface area contributed by atoms with Crippen LogP contribution in [0.1, 0.15) is 34.1 Å². The van der Waals surface area contributed by atoms with Crippen LogP contribution in [-0.4, -0.2) is 56.5 Å². The van der Waals surface area contributed by atoms with Gasteiger partial charge in [-0.3, -0.25) is 9.59 Å². The van der Waals surface area contributed by atoms with Crippen molar-refractivity contribution in [1.29, 1.82) is 0 Å². The van der Waals surface area contributed by atoms with Gasteiger partial charge in [0.05, 0.1) is 51.1 Å². The van der Waals surface area contributed by atoms with E-state index in [4.69, 9.17) is 4.74 Å². The number of rotatable bonds is 6. The lowest BCUT2D eigenvalue weighted by molar-refractivity contribution is -0.883. The van der Waals surface area contributed by atoms with Crippen LogP contribution in [0.2, 0.25) is 0 Å². The predicted octanol–water partition coefficient (Wildman–Crippen LogP) is 1.70. The Morgan fingerprint density at radius 1 is 1.07 bits per heavy atom. The van der Waals surface area contributed by atoms with Gasteiger partial charge in [-0.1, -0.05) is 19.1 Å². The fourth-order valence-electron chi connectivity index (χ4n) is 3.16. The zero-order valence-corrected chi connectivity index (χ0v) is 16.5. The van der Waals surface area contributed by atoms with E-state index in [1.54, 1.807) is 36.4 Å². The second-order valence-electron chi connectivity index (χ2n) is 7.12. The number of piperazine rings is 1. The molecule has 28 heavy (non-hydrogen) atoms. The molecule has 0 aromatic heterocycles. The van der Waals surface area contributed by atoms with Gasteiger partial charge in [-0.2, -0.15) is 0 Å². The SMILES string of the molecule is CCCOc1ccc(C(=O)Nc2ccccc2C(=O)N2CC[NH+](C)CC2)cc1.